The van der Waals surface area contributed by atoms with E-state index in [1.165, 1.54) is 0 Å². The minimum atomic E-state index is -4.78. The summed E-state index contributed by atoms with van der Waals surface area (Å²) in [6.45, 7) is 3.82. The summed E-state index contributed by atoms with van der Waals surface area (Å²) in [6, 6.07) is 1.80. The predicted octanol–water partition coefficient (Wildman–Crippen LogP) is 6.09. The zero-order chi connectivity index (χ0) is 16.3. The van der Waals surface area contributed by atoms with Crippen molar-refractivity contribution in [3.8, 4) is 0 Å². The van der Waals surface area contributed by atoms with Gasteiger partial charge < -0.3 is 0 Å². The highest BCUT2D eigenvalue weighted by molar-refractivity contribution is 5.33. The van der Waals surface area contributed by atoms with Crippen molar-refractivity contribution in [2.45, 2.75) is 51.9 Å². The Hall–Kier alpha value is -1.20. The fourth-order valence-corrected chi connectivity index (χ4v) is 2.19. The van der Waals surface area contributed by atoms with Gasteiger partial charge in [-0.2, -0.15) is 26.3 Å². The van der Waals surface area contributed by atoms with E-state index in [0.29, 0.717) is 0 Å². The zero-order valence-electron chi connectivity index (χ0n) is 11.9. The summed E-state index contributed by atoms with van der Waals surface area (Å²) in [5, 5.41) is 0. The number of alkyl halides is 6. The summed E-state index contributed by atoms with van der Waals surface area (Å²) in [5.41, 5.74) is -2.40. The molecule has 0 bridgehead atoms. The van der Waals surface area contributed by atoms with Crippen LogP contribution in [0.15, 0.2) is 18.2 Å². The lowest BCUT2D eigenvalue weighted by molar-refractivity contribution is -0.143. The van der Waals surface area contributed by atoms with Crippen LogP contribution in [-0.2, 0) is 18.8 Å². The molecule has 6 heteroatoms. The summed E-state index contributed by atoms with van der Waals surface area (Å²) in [6.07, 6.45) is -6.70. The smallest absolute Gasteiger partial charge is 0.166 e. The molecule has 1 atom stereocenters. The van der Waals surface area contributed by atoms with Crippen molar-refractivity contribution >= 4 is 0 Å². The highest BCUT2D eigenvalue weighted by Gasteiger charge is 2.36. The second-order valence-electron chi connectivity index (χ2n) is 5.37. The molecule has 21 heavy (non-hydrogen) atoms. The summed E-state index contributed by atoms with van der Waals surface area (Å²) in [7, 11) is 0. The van der Waals surface area contributed by atoms with Crippen molar-refractivity contribution in [2.24, 2.45) is 5.92 Å². The van der Waals surface area contributed by atoms with Crippen LogP contribution < -0.4 is 0 Å². The Bertz CT molecular complexity index is 426. The van der Waals surface area contributed by atoms with Gasteiger partial charge in [0.1, 0.15) is 0 Å². The van der Waals surface area contributed by atoms with Crippen LogP contribution >= 0.6 is 0 Å². The summed E-state index contributed by atoms with van der Waals surface area (Å²) in [5.74, 6) is 0.0505. The van der Waals surface area contributed by atoms with Crippen LogP contribution in [0.25, 0.3) is 0 Å². The summed E-state index contributed by atoms with van der Waals surface area (Å²) >= 11 is 0. The van der Waals surface area contributed by atoms with Crippen molar-refractivity contribution in [3.63, 3.8) is 0 Å². The molecule has 1 aromatic rings. The number of hydrogen-bond donors (Lipinski definition) is 0. The van der Waals surface area contributed by atoms with Crippen LogP contribution in [0.4, 0.5) is 26.3 Å². The monoisotopic (exact) mass is 312 g/mol. The normalized spacial score (nSPS) is 14.3. The van der Waals surface area contributed by atoms with Gasteiger partial charge in [-0.25, -0.2) is 0 Å². The molecule has 0 aliphatic heterocycles. The molecule has 0 aliphatic carbocycles. The Morgan fingerprint density at radius 1 is 0.905 bits per heavy atom. The molecule has 1 unspecified atom stereocenters. The van der Waals surface area contributed by atoms with Crippen molar-refractivity contribution in [2.75, 3.05) is 0 Å². The third-order valence-corrected chi connectivity index (χ3v) is 3.28. The second kappa shape index (κ2) is 6.71. The quantitative estimate of drug-likeness (QED) is 0.577. The summed E-state index contributed by atoms with van der Waals surface area (Å²) < 4.78 is 76.3. The van der Waals surface area contributed by atoms with Gasteiger partial charge in [-0.3, -0.25) is 0 Å². The lowest BCUT2D eigenvalue weighted by Crippen LogP contribution is -2.12. The van der Waals surface area contributed by atoms with E-state index in [2.05, 4.69) is 0 Å². The van der Waals surface area contributed by atoms with Gasteiger partial charge in [-0.05, 0) is 36.1 Å². The van der Waals surface area contributed by atoms with Crippen molar-refractivity contribution in [1.82, 2.24) is 0 Å². The molecule has 0 aromatic heterocycles. The van der Waals surface area contributed by atoms with Crippen LogP contribution in [0, 0.1) is 5.92 Å². The Kier molecular flexibility index (Phi) is 5.70. The highest BCUT2D eigenvalue weighted by atomic mass is 19.4. The highest BCUT2D eigenvalue weighted by Crippen LogP contribution is 2.36. The molecular weight excluding hydrogens is 294 g/mol. The van der Waals surface area contributed by atoms with Crippen LogP contribution in [0.1, 0.15) is 49.8 Å². The van der Waals surface area contributed by atoms with Gasteiger partial charge in [-0.15, -0.1) is 0 Å². The maximum absolute atomic E-state index is 12.7. The van der Waals surface area contributed by atoms with Crippen molar-refractivity contribution in [3.05, 3.63) is 34.9 Å². The van der Waals surface area contributed by atoms with Crippen molar-refractivity contribution in [1.29, 1.82) is 0 Å². The molecule has 0 nitrogen and oxygen atoms in total. The Labute approximate surface area is 120 Å². The van der Waals surface area contributed by atoms with Gasteiger partial charge in [0, 0.05) is 0 Å². The Morgan fingerprint density at radius 3 is 1.76 bits per heavy atom. The van der Waals surface area contributed by atoms with E-state index in [1.54, 1.807) is 0 Å². The summed E-state index contributed by atoms with van der Waals surface area (Å²) in [4.78, 5) is 0. The fraction of sp³-hybridized carbons (Fsp3) is 0.600. The maximum atomic E-state index is 12.7. The minimum absolute atomic E-state index is 0.0505. The third kappa shape index (κ3) is 5.59. The van der Waals surface area contributed by atoms with Crippen LogP contribution in [0.2, 0.25) is 0 Å². The van der Waals surface area contributed by atoms with Gasteiger partial charge in [0.05, 0.1) is 11.1 Å². The van der Waals surface area contributed by atoms with Crippen molar-refractivity contribution < 1.29 is 26.3 Å². The topological polar surface area (TPSA) is 0 Å². The molecule has 0 aliphatic rings. The molecule has 0 saturated carbocycles. The minimum Gasteiger partial charge on any atom is -0.166 e. The first-order valence-electron chi connectivity index (χ1n) is 6.82. The van der Waals surface area contributed by atoms with Crippen LogP contribution in [0.3, 0.4) is 0 Å². The molecule has 0 amide bonds. The average molecular weight is 312 g/mol. The molecule has 1 aromatic carbocycles. The molecule has 0 saturated heterocycles. The Morgan fingerprint density at radius 2 is 1.38 bits per heavy atom. The van der Waals surface area contributed by atoms with E-state index in [4.69, 9.17) is 0 Å². The third-order valence-electron chi connectivity index (χ3n) is 3.28. The second-order valence-corrected chi connectivity index (χ2v) is 5.37. The largest absolute Gasteiger partial charge is 0.416 e. The van der Waals surface area contributed by atoms with Gasteiger partial charge in [-0.1, -0.05) is 33.1 Å². The predicted molar refractivity (Wildman–Crippen MR) is 68.8 cm³/mol. The van der Waals surface area contributed by atoms with E-state index in [9.17, 15) is 26.3 Å². The first-order chi connectivity index (χ1) is 9.54. The molecular formula is C15H18F6. The standard InChI is InChI=1S/C15H18F6/c1-3-4-5-10(2)6-11-7-12(14(16,17)18)9-13(8-11)15(19,20)21/h7-10H,3-6H2,1-2H3. The molecule has 0 fully saturated rings. The lowest BCUT2D eigenvalue weighted by atomic mass is 9.93. The first-order valence-corrected chi connectivity index (χ1v) is 6.82. The fourth-order valence-electron chi connectivity index (χ4n) is 2.19. The molecule has 0 heterocycles. The SMILES string of the molecule is CCCCC(C)Cc1cc(C(F)(F)F)cc(C(F)(F)F)c1. The first kappa shape index (κ1) is 17.9. The Balaban J connectivity index is 3.08. The molecule has 0 N–H and O–H groups in total. The average Bonchev–Trinajstić information content (AvgIpc) is 2.34. The number of unbranched alkanes of at least 4 members (excludes halogenated alkanes) is 1. The van der Waals surface area contributed by atoms with Gasteiger partial charge in [0.15, 0.2) is 0 Å². The molecule has 0 radical (unpaired) electrons. The van der Waals surface area contributed by atoms with Crippen LogP contribution in [-0.4, -0.2) is 0 Å². The van der Waals surface area contributed by atoms with Gasteiger partial charge in [0.2, 0.25) is 0 Å². The number of halogens is 6. The van der Waals surface area contributed by atoms with Gasteiger partial charge >= 0.3 is 12.4 Å². The van der Waals surface area contributed by atoms with Crippen LogP contribution in [0.5, 0.6) is 0 Å². The van der Waals surface area contributed by atoms with E-state index in [-0.39, 0.29) is 24.0 Å². The van der Waals surface area contributed by atoms with E-state index < -0.39 is 23.5 Å². The van der Waals surface area contributed by atoms with Gasteiger partial charge in [0.25, 0.3) is 0 Å². The number of rotatable bonds is 5. The van der Waals surface area contributed by atoms with E-state index in [0.717, 1.165) is 31.4 Å². The zero-order valence-corrected chi connectivity index (χ0v) is 11.9. The van der Waals surface area contributed by atoms with E-state index in [1.807, 2.05) is 13.8 Å². The maximum Gasteiger partial charge on any atom is 0.416 e. The van der Waals surface area contributed by atoms with E-state index >= 15 is 0 Å². The number of benzene rings is 1. The number of hydrogen-bond acceptors (Lipinski definition) is 0. The molecule has 1 rings (SSSR count). The molecule has 0 spiro atoms. The lowest BCUT2D eigenvalue weighted by Gasteiger charge is -2.16. The molecule has 120 valence electrons.